The van der Waals surface area contributed by atoms with Gasteiger partial charge in [-0.2, -0.15) is 13.2 Å². The highest BCUT2D eigenvalue weighted by Gasteiger charge is 2.42. The first-order chi connectivity index (χ1) is 11.8. The summed E-state index contributed by atoms with van der Waals surface area (Å²) in [5.74, 6) is -2.26. The number of hydrogen-bond donors (Lipinski definition) is 2. The number of rotatable bonds is 3. The number of aromatic nitrogens is 1. The summed E-state index contributed by atoms with van der Waals surface area (Å²) in [4.78, 5) is 9.02. The van der Waals surface area contributed by atoms with E-state index in [9.17, 15) is 18.3 Å². The molecule has 1 aromatic heterocycles. The van der Waals surface area contributed by atoms with Gasteiger partial charge in [-0.3, -0.25) is 9.82 Å². The van der Waals surface area contributed by atoms with Crippen molar-refractivity contribution in [2.75, 3.05) is 6.61 Å². The van der Waals surface area contributed by atoms with Gasteiger partial charge in [-0.1, -0.05) is 10.6 Å². The largest absolute Gasteiger partial charge is 0.447 e. The molecule has 0 spiro atoms. The lowest BCUT2D eigenvalue weighted by Gasteiger charge is -2.40. The lowest BCUT2D eigenvalue weighted by atomic mass is 10.2. The molecule has 0 bridgehead atoms. The predicted molar refractivity (Wildman–Crippen MR) is 80.8 cm³/mol. The number of pyridine rings is 1. The van der Waals surface area contributed by atoms with E-state index in [1.807, 2.05) is 0 Å². The van der Waals surface area contributed by atoms with Gasteiger partial charge in [0, 0.05) is 24.2 Å². The van der Waals surface area contributed by atoms with E-state index in [1.54, 1.807) is 12.1 Å². The Balaban J connectivity index is 1.80. The van der Waals surface area contributed by atoms with Crippen molar-refractivity contribution in [1.82, 2.24) is 14.9 Å². The van der Waals surface area contributed by atoms with E-state index in [-0.39, 0.29) is 5.75 Å². The molecule has 2 aromatic rings. The van der Waals surface area contributed by atoms with E-state index in [1.165, 1.54) is 24.5 Å². The highest BCUT2D eigenvalue weighted by atomic mass is 35.5. The van der Waals surface area contributed by atoms with Crippen LogP contribution in [0.4, 0.5) is 13.2 Å². The Kier molecular flexibility index (Phi) is 4.85. The fraction of sp³-hybridized carbons (Fsp3) is 0.267. The van der Waals surface area contributed by atoms with Gasteiger partial charge in [0.15, 0.2) is 6.61 Å². The highest BCUT2D eigenvalue weighted by Crippen LogP contribution is 2.33. The van der Waals surface area contributed by atoms with E-state index in [0.717, 1.165) is 16.7 Å². The van der Waals surface area contributed by atoms with E-state index in [4.69, 9.17) is 21.4 Å². The zero-order valence-corrected chi connectivity index (χ0v) is 13.3. The molecule has 0 aliphatic carbocycles. The topological polar surface area (TPSA) is 66.8 Å². The Morgan fingerprint density at radius 3 is 2.72 bits per heavy atom. The summed E-state index contributed by atoms with van der Waals surface area (Å²) >= 11 is 5.95. The Hall–Kier alpha value is -1.91. The second kappa shape index (κ2) is 6.77. The first-order valence-corrected chi connectivity index (χ1v) is 7.45. The monoisotopic (exact) mass is 375 g/mol. The molecule has 1 fully saturated rings. The molecule has 2 heterocycles. The van der Waals surface area contributed by atoms with Crippen LogP contribution < -0.4 is 10.1 Å². The van der Waals surface area contributed by atoms with E-state index in [0.29, 0.717) is 5.56 Å². The molecule has 0 saturated carbocycles. The smallest absolute Gasteiger partial charge is 0.416 e. The van der Waals surface area contributed by atoms with Crippen molar-refractivity contribution in [3.8, 4) is 5.75 Å². The molecular formula is C15H13ClF3N3O3. The number of ether oxygens (including phenoxy) is 1. The second-order valence-electron chi connectivity index (χ2n) is 5.28. The van der Waals surface area contributed by atoms with Crippen molar-refractivity contribution in [2.24, 2.45) is 0 Å². The predicted octanol–water partition coefficient (Wildman–Crippen LogP) is 2.81. The molecule has 134 valence electrons. The highest BCUT2D eigenvalue weighted by molar-refractivity contribution is 6.12. The Bertz CT molecular complexity index is 735. The van der Waals surface area contributed by atoms with Gasteiger partial charge in [-0.05, 0) is 35.9 Å². The number of nitrogens with one attached hydrogen (secondary N) is 1. The molecule has 25 heavy (non-hydrogen) atoms. The molecule has 1 aliphatic heterocycles. The number of halogens is 4. The minimum absolute atomic E-state index is 0.176. The number of alkyl halides is 3. The summed E-state index contributed by atoms with van der Waals surface area (Å²) in [6.07, 6.45) is -2.30. The third-order valence-electron chi connectivity index (χ3n) is 3.42. The molecule has 2 N–H and O–H groups in total. The van der Waals surface area contributed by atoms with Gasteiger partial charge in [0.05, 0.1) is 5.56 Å². The molecule has 1 saturated heterocycles. The van der Waals surface area contributed by atoms with Crippen molar-refractivity contribution in [3.63, 3.8) is 0 Å². The van der Waals surface area contributed by atoms with Gasteiger partial charge in [0.1, 0.15) is 11.9 Å². The summed E-state index contributed by atoms with van der Waals surface area (Å²) in [6.45, 7) is -0.436. The Labute approximate surface area is 145 Å². The van der Waals surface area contributed by atoms with Crippen LogP contribution in [0.1, 0.15) is 17.3 Å². The lowest BCUT2D eigenvalue weighted by molar-refractivity contribution is -0.302. The molecule has 6 nitrogen and oxygen atoms in total. The van der Waals surface area contributed by atoms with Crippen LogP contribution >= 0.6 is 11.8 Å². The van der Waals surface area contributed by atoms with E-state index < -0.39 is 30.4 Å². The summed E-state index contributed by atoms with van der Waals surface area (Å²) < 4.78 is 44.6. The quantitative estimate of drug-likeness (QED) is 0.635. The number of benzene rings is 1. The summed E-state index contributed by atoms with van der Waals surface area (Å²) in [5, 5.41) is 13.2. The van der Waals surface area contributed by atoms with Crippen LogP contribution in [0.25, 0.3) is 0 Å². The van der Waals surface area contributed by atoms with Crippen molar-refractivity contribution in [1.29, 1.82) is 0 Å². The molecule has 10 heteroatoms. The average Bonchev–Trinajstić information content (AvgIpc) is 2.57. The van der Waals surface area contributed by atoms with Gasteiger partial charge in [-0.15, -0.1) is 0 Å². The van der Waals surface area contributed by atoms with Crippen molar-refractivity contribution < 1.29 is 27.9 Å². The number of hydroxylamine groups is 1. The van der Waals surface area contributed by atoms with Crippen LogP contribution in [-0.2, 0) is 11.0 Å². The lowest BCUT2D eigenvalue weighted by Crippen LogP contribution is -2.61. The normalized spacial score (nSPS) is 24.9. The standard InChI is InChI=1S/C15H13ClF3N3O3/c16-22-13(10-4-6-20-7-5-10)21-14(23,9-24-22)25-12-3-1-2-11(8-12)15(17,18)19/h1-8,13,21,23H,9H2. The molecule has 1 aromatic carbocycles. The van der Waals surface area contributed by atoms with Crippen molar-refractivity contribution in [3.05, 3.63) is 59.9 Å². The fourth-order valence-corrected chi connectivity index (χ4v) is 2.48. The van der Waals surface area contributed by atoms with Gasteiger partial charge in [-0.25, -0.2) is 5.32 Å². The van der Waals surface area contributed by atoms with Gasteiger partial charge < -0.3 is 9.84 Å². The summed E-state index contributed by atoms with van der Waals surface area (Å²) in [6, 6.07) is 7.43. The minimum Gasteiger partial charge on any atom is -0.447 e. The zero-order chi connectivity index (χ0) is 18.1. The summed E-state index contributed by atoms with van der Waals surface area (Å²) in [7, 11) is 0. The van der Waals surface area contributed by atoms with Crippen molar-refractivity contribution >= 4 is 11.8 Å². The maximum Gasteiger partial charge on any atom is 0.416 e. The molecule has 0 amide bonds. The van der Waals surface area contributed by atoms with Gasteiger partial charge >= 0.3 is 6.18 Å². The molecule has 0 radical (unpaired) electrons. The maximum absolute atomic E-state index is 12.8. The van der Waals surface area contributed by atoms with E-state index in [2.05, 4.69) is 10.3 Å². The third kappa shape index (κ3) is 4.20. The number of aliphatic hydroxyl groups is 1. The maximum atomic E-state index is 12.8. The molecule has 2 atom stereocenters. The number of hydrogen-bond acceptors (Lipinski definition) is 6. The minimum atomic E-state index is -4.52. The Morgan fingerprint density at radius 1 is 1.32 bits per heavy atom. The van der Waals surface area contributed by atoms with Crippen LogP contribution in [0.3, 0.4) is 0 Å². The van der Waals surface area contributed by atoms with Crippen LogP contribution in [-0.4, -0.2) is 27.2 Å². The average molecular weight is 376 g/mol. The second-order valence-corrected chi connectivity index (χ2v) is 5.62. The van der Waals surface area contributed by atoms with Crippen LogP contribution in [0, 0.1) is 0 Å². The Morgan fingerprint density at radius 2 is 2.04 bits per heavy atom. The van der Waals surface area contributed by atoms with Gasteiger partial charge in [0.2, 0.25) is 0 Å². The third-order valence-corrected chi connectivity index (χ3v) is 3.71. The van der Waals surface area contributed by atoms with Crippen molar-refractivity contribution in [2.45, 2.75) is 18.3 Å². The number of nitrogens with zero attached hydrogens (tertiary/aromatic N) is 2. The SMILES string of the molecule is OC1(Oc2cccc(C(F)(F)F)c2)CON(Cl)C(c2ccncc2)N1. The molecule has 2 unspecified atom stereocenters. The zero-order valence-electron chi connectivity index (χ0n) is 12.6. The summed E-state index contributed by atoms with van der Waals surface area (Å²) in [5.41, 5.74) is -0.286. The first kappa shape index (κ1) is 17.9. The first-order valence-electron chi connectivity index (χ1n) is 7.11. The molecule has 1 aliphatic rings. The van der Waals surface area contributed by atoms with Crippen LogP contribution in [0.2, 0.25) is 0 Å². The molecular weight excluding hydrogens is 363 g/mol. The van der Waals surface area contributed by atoms with E-state index >= 15 is 0 Å². The van der Waals surface area contributed by atoms with Crippen LogP contribution in [0.5, 0.6) is 5.75 Å². The van der Waals surface area contributed by atoms with Gasteiger partial charge in [0.25, 0.3) is 5.91 Å². The van der Waals surface area contributed by atoms with Crippen LogP contribution in [0.15, 0.2) is 48.8 Å². The molecule has 3 rings (SSSR count). The fourth-order valence-electron chi connectivity index (χ4n) is 2.27.